The second-order valence-corrected chi connectivity index (χ2v) is 10.1. The van der Waals surface area contributed by atoms with E-state index in [0.717, 1.165) is 55.9 Å². The topological polar surface area (TPSA) is 144 Å². The molecule has 14 nitrogen and oxygen atoms in total. The van der Waals surface area contributed by atoms with E-state index in [2.05, 4.69) is 25.8 Å². The van der Waals surface area contributed by atoms with Gasteiger partial charge < -0.3 is 49.5 Å². The quantitative estimate of drug-likeness (QED) is 0.141. The average molecular weight is 596 g/mol. The highest BCUT2D eigenvalue weighted by Gasteiger charge is 2.27. The highest BCUT2D eigenvalue weighted by Crippen LogP contribution is 2.39. The number of hydrogen-bond donors (Lipinski definition) is 4. The van der Waals surface area contributed by atoms with Crippen LogP contribution in [0.1, 0.15) is 18.5 Å². The first kappa shape index (κ1) is 30.4. The molecule has 1 aliphatic rings. The van der Waals surface area contributed by atoms with Crippen LogP contribution in [0.5, 0.6) is 17.2 Å². The number of rotatable bonds is 16. The molecule has 1 atom stereocenters. The van der Waals surface area contributed by atoms with Crippen LogP contribution in [0.4, 0.5) is 17.6 Å². The molecule has 0 spiro atoms. The molecule has 0 radical (unpaired) electrons. The molecule has 0 amide bonds. The van der Waals surface area contributed by atoms with Gasteiger partial charge in [0.15, 0.2) is 17.3 Å². The molecular formula is C29H41N9O5. The minimum atomic E-state index is -0.0140. The molecule has 4 heterocycles. The van der Waals surface area contributed by atoms with Crippen LogP contribution in [0.25, 0.3) is 11.2 Å². The standard InChI is InChI=1S/C29H41N9O5/c1-40-13-11-30-9-10-31-16-20-7-8-23-28(34-29(35-38(20)23)37-12-5-6-21(37)18-39)33-26-17-36(19-32-26)22-14-24(41-2)27(43-4)25(15-22)42-3/h7-8,14-15,17,19,21,30-31,39H,5-6,9-13,16,18H2,1-4H3,(H,33,34,35)/t21-/m0/s1. The van der Waals surface area contributed by atoms with Crippen molar-refractivity contribution < 1.29 is 24.1 Å². The van der Waals surface area contributed by atoms with Gasteiger partial charge in [-0.25, -0.2) is 9.50 Å². The lowest BCUT2D eigenvalue weighted by atomic mass is 10.2. The van der Waals surface area contributed by atoms with Crippen LogP contribution in [-0.4, -0.2) is 103 Å². The Morgan fingerprint density at radius 2 is 1.79 bits per heavy atom. The van der Waals surface area contributed by atoms with Gasteiger partial charge in [0.25, 0.3) is 0 Å². The van der Waals surface area contributed by atoms with Crippen molar-refractivity contribution in [2.45, 2.75) is 25.4 Å². The van der Waals surface area contributed by atoms with E-state index in [1.54, 1.807) is 34.8 Å². The summed E-state index contributed by atoms with van der Waals surface area (Å²) < 4.78 is 25.4. The maximum Gasteiger partial charge on any atom is 0.245 e. The van der Waals surface area contributed by atoms with Crippen molar-refractivity contribution >= 4 is 23.1 Å². The summed E-state index contributed by atoms with van der Waals surface area (Å²) in [4.78, 5) is 11.6. The van der Waals surface area contributed by atoms with Crippen LogP contribution >= 0.6 is 0 Å². The van der Waals surface area contributed by atoms with Gasteiger partial charge in [-0.2, -0.15) is 4.98 Å². The van der Waals surface area contributed by atoms with Crippen molar-refractivity contribution in [3.63, 3.8) is 0 Å². The molecule has 1 aliphatic heterocycles. The first-order valence-corrected chi connectivity index (χ1v) is 14.4. The van der Waals surface area contributed by atoms with Gasteiger partial charge in [0.1, 0.15) is 17.7 Å². The van der Waals surface area contributed by atoms with Gasteiger partial charge in [0.2, 0.25) is 11.7 Å². The van der Waals surface area contributed by atoms with E-state index in [-0.39, 0.29) is 12.6 Å². The first-order valence-electron chi connectivity index (χ1n) is 14.4. The number of nitrogens with zero attached hydrogens (tertiary/aromatic N) is 6. The molecule has 0 bridgehead atoms. The third-order valence-electron chi connectivity index (χ3n) is 7.47. The monoisotopic (exact) mass is 595 g/mol. The molecule has 5 rings (SSSR count). The third-order valence-corrected chi connectivity index (χ3v) is 7.47. The minimum Gasteiger partial charge on any atom is -0.493 e. The first-order chi connectivity index (χ1) is 21.1. The number of methoxy groups -OCH3 is 4. The summed E-state index contributed by atoms with van der Waals surface area (Å²) in [5.41, 5.74) is 2.61. The van der Waals surface area contributed by atoms with Crippen molar-refractivity contribution in [2.75, 3.05) is 78.0 Å². The van der Waals surface area contributed by atoms with E-state index in [0.29, 0.717) is 48.0 Å². The number of aromatic nitrogens is 5. The van der Waals surface area contributed by atoms with E-state index in [9.17, 15) is 5.11 Å². The third kappa shape index (κ3) is 6.77. The Balaban J connectivity index is 1.41. The molecule has 1 saturated heterocycles. The Morgan fingerprint density at radius 3 is 2.51 bits per heavy atom. The summed E-state index contributed by atoms with van der Waals surface area (Å²) in [6.07, 6.45) is 5.45. The van der Waals surface area contributed by atoms with Gasteiger partial charge >= 0.3 is 0 Å². The van der Waals surface area contributed by atoms with E-state index < -0.39 is 0 Å². The predicted octanol–water partition coefficient (Wildman–Crippen LogP) is 1.97. The molecular weight excluding hydrogens is 554 g/mol. The number of hydrogen-bond acceptors (Lipinski definition) is 12. The number of fused-ring (bicyclic) bond motifs is 1. The Kier molecular flexibility index (Phi) is 10.1. The zero-order valence-corrected chi connectivity index (χ0v) is 25.2. The Bertz CT molecular complexity index is 1470. The molecule has 232 valence electrons. The molecule has 3 aromatic heterocycles. The summed E-state index contributed by atoms with van der Waals surface area (Å²) in [6.45, 7) is 4.61. The van der Waals surface area contributed by atoms with Crippen LogP contribution in [0.2, 0.25) is 0 Å². The molecule has 1 aromatic carbocycles. The van der Waals surface area contributed by atoms with Crippen LogP contribution in [-0.2, 0) is 11.3 Å². The van der Waals surface area contributed by atoms with Gasteiger partial charge in [-0.15, -0.1) is 5.10 Å². The Hall–Kier alpha value is -4.11. The van der Waals surface area contributed by atoms with Gasteiger partial charge in [-0.3, -0.25) is 0 Å². The van der Waals surface area contributed by atoms with Crippen molar-refractivity contribution in [1.82, 2.24) is 34.8 Å². The maximum atomic E-state index is 9.99. The molecule has 1 fully saturated rings. The smallest absolute Gasteiger partial charge is 0.245 e. The van der Waals surface area contributed by atoms with Crippen LogP contribution < -0.4 is 35.1 Å². The lowest BCUT2D eigenvalue weighted by molar-refractivity contribution is 0.199. The maximum absolute atomic E-state index is 9.99. The molecule has 14 heteroatoms. The second-order valence-electron chi connectivity index (χ2n) is 10.1. The lowest BCUT2D eigenvalue weighted by Gasteiger charge is -2.23. The predicted molar refractivity (Wildman–Crippen MR) is 163 cm³/mol. The minimum absolute atomic E-state index is 0.0140. The Labute approximate surface area is 250 Å². The number of nitrogens with one attached hydrogen (secondary N) is 3. The zero-order valence-electron chi connectivity index (χ0n) is 25.2. The summed E-state index contributed by atoms with van der Waals surface area (Å²) in [5, 5.41) is 25.1. The molecule has 4 aromatic rings. The summed E-state index contributed by atoms with van der Waals surface area (Å²) in [7, 11) is 6.44. The normalized spacial score (nSPS) is 14.9. The van der Waals surface area contributed by atoms with E-state index >= 15 is 0 Å². The number of aliphatic hydroxyl groups is 1. The van der Waals surface area contributed by atoms with Gasteiger partial charge in [-0.1, -0.05) is 0 Å². The van der Waals surface area contributed by atoms with Crippen molar-refractivity contribution in [2.24, 2.45) is 0 Å². The van der Waals surface area contributed by atoms with Crippen LogP contribution in [0, 0.1) is 0 Å². The highest BCUT2D eigenvalue weighted by molar-refractivity contribution is 5.74. The highest BCUT2D eigenvalue weighted by atomic mass is 16.5. The lowest BCUT2D eigenvalue weighted by Crippen LogP contribution is -2.34. The number of aliphatic hydroxyl groups excluding tert-OH is 1. The number of benzene rings is 1. The van der Waals surface area contributed by atoms with Crippen molar-refractivity contribution in [1.29, 1.82) is 0 Å². The van der Waals surface area contributed by atoms with Crippen molar-refractivity contribution in [3.05, 3.63) is 42.5 Å². The van der Waals surface area contributed by atoms with E-state index in [1.165, 1.54) is 0 Å². The number of anilines is 3. The zero-order chi connectivity index (χ0) is 30.2. The molecule has 0 saturated carbocycles. The fraction of sp³-hybridized carbons (Fsp3) is 0.483. The van der Waals surface area contributed by atoms with E-state index in [4.69, 9.17) is 29.0 Å². The SMILES string of the molecule is COCCNCCNCc1ccc2c(Nc3cn(-c4cc(OC)c(OC)c(OC)c4)cn3)nc(N3CCC[C@H]3CO)nn12. The summed E-state index contributed by atoms with van der Waals surface area (Å²) >= 11 is 0. The largest absolute Gasteiger partial charge is 0.493 e. The molecule has 4 N–H and O–H groups in total. The number of ether oxygens (including phenoxy) is 4. The molecule has 0 aliphatic carbocycles. The second kappa shape index (κ2) is 14.4. The van der Waals surface area contributed by atoms with Crippen LogP contribution in [0.3, 0.4) is 0 Å². The molecule has 0 unspecified atom stereocenters. The van der Waals surface area contributed by atoms with E-state index in [1.807, 2.05) is 39.5 Å². The van der Waals surface area contributed by atoms with Gasteiger partial charge in [0.05, 0.1) is 58.2 Å². The number of imidazole rings is 1. The van der Waals surface area contributed by atoms with Gasteiger partial charge in [0, 0.05) is 52.0 Å². The van der Waals surface area contributed by atoms with Crippen molar-refractivity contribution in [3.8, 4) is 22.9 Å². The van der Waals surface area contributed by atoms with Gasteiger partial charge in [-0.05, 0) is 25.0 Å². The van der Waals surface area contributed by atoms with Crippen LogP contribution in [0.15, 0.2) is 36.8 Å². The fourth-order valence-electron chi connectivity index (χ4n) is 5.23. The average Bonchev–Trinajstić information content (AvgIpc) is 3.80. The molecule has 43 heavy (non-hydrogen) atoms. The summed E-state index contributed by atoms with van der Waals surface area (Å²) in [5.74, 6) is 3.40. The summed E-state index contributed by atoms with van der Waals surface area (Å²) in [6, 6.07) is 7.75. The Morgan fingerprint density at radius 1 is 1.00 bits per heavy atom. The fourth-order valence-corrected chi connectivity index (χ4v) is 5.23.